The van der Waals surface area contributed by atoms with Gasteiger partial charge < -0.3 is 28.6 Å². The van der Waals surface area contributed by atoms with Crippen LogP contribution in [0.25, 0.3) is 11.0 Å². The van der Waals surface area contributed by atoms with Crippen LogP contribution in [0.3, 0.4) is 0 Å². The zero-order valence-corrected chi connectivity index (χ0v) is 24.6. The SMILES string of the molecule is COc1cc(C(=O)O)cc2c1nc(CN1C[C@@H]3C(c4cccc5c4O[C@](C)(c4ccc(Cl)cn4)O5)[C@@H]3C1)n2C[C@@H]1CCO1. The van der Waals surface area contributed by atoms with Gasteiger partial charge in [0.15, 0.2) is 11.5 Å². The first-order valence-corrected chi connectivity index (χ1v) is 15.0. The molecule has 222 valence electrons. The van der Waals surface area contributed by atoms with Crippen LogP contribution in [0.15, 0.2) is 48.7 Å². The molecule has 1 aliphatic carbocycles. The Kier molecular flexibility index (Phi) is 6.12. The van der Waals surface area contributed by atoms with Crippen LogP contribution >= 0.6 is 11.6 Å². The predicted octanol–water partition coefficient (Wildman–Crippen LogP) is 5.07. The Hall–Kier alpha value is -3.86. The van der Waals surface area contributed by atoms with Crippen LogP contribution in [0, 0.1) is 11.8 Å². The van der Waals surface area contributed by atoms with Gasteiger partial charge in [-0.15, -0.1) is 0 Å². The molecule has 0 amide bonds. The molecule has 0 radical (unpaired) electrons. The van der Waals surface area contributed by atoms with Crippen molar-refractivity contribution in [2.75, 3.05) is 26.8 Å². The number of fused-ring (bicyclic) bond motifs is 3. The van der Waals surface area contributed by atoms with Gasteiger partial charge in [-0.2, -0.15) is 0 Å². The third-order valence-electron chi connectivity index (χ3n) is 9.34. The summed E-state index contributed by atoms with van der Waals surface area (Å²) in [4.78, 5) is 23.7. The van der Waals surface area contributed by atoms with Crippen molar-refractivity contribution in [2.45, 2.75) is 44.2 Å². The summed E-state index contributed by atoms with van der Waals surface area (Å²) in [5, 5.41) is 10.3. The molecule has 2 aromatic carbocycles. The van der Waals surface area contributed by atoms with Gasteiger partial charge in [0.25, 0.3) is 5.79 Å². The Balaban J connectivity index is 1.02. The highest BCUT2D eigenvalue weighted by molar-refractivity contribution is 6.30. The van der Waals surface area contributed by atoms with Gasteiger partial charge in [0.2, 0.25) is 0 Å². The van der Waals surface area contributed by atoms with Crippen LogP contribution in [0.4, 0.5) is 0 Å². The zero-order chi connectivity index (χ0) is 29.5. The zero-order valence-electron chi connectivity index (χ0n) is 23.8. The lowest BCUT2D eigenvalue weighted by Crippen LogP contribution is -2.33. The van der Waals surface area contributed by atoms with E-state index >= 15 is 0 Å². The van der Waals surface area contributed by atoms with Crippen LogP contribution in [-0.4, -0.2) is 63.4 Å². The Morgan fingerprint density at radius 3 is 2.67 bits per heavy atom. The molecule has 3 aliphatic heterocycles. The highest BCUT2D eigenvalue weighted by atomic mass is 35.5. The smallest absolute Gasteiger partial charge is 0.335 e. The summed E-state index contributed by atoms with van der Waals surface area (Å²) in [6.45, 7) is 5.82. The summed E-state index contributed by atoms with van der Waals surface area (Å²) in [7, 11) is 1.55. The maximum absolute atomic E-state index is 11.8. The quantitative estimate of drug-likeness (QED) is 0.296. The summed E-state index contributed by atoms with van der Waals surface area (Å²) in [5.74, 6) is 2.32. The maximum atomic E-state index is 11.8. The van der Waals surface area contributed by atoms with Crippen molar-refractivity contribution in [2.24, 2.45) is 11.8 Å². The normalized spacial score (nSPS) is 27.2. The van der Waals surface area contributed by atoms with E-state index in [2.05, 4.69) is 20.5 Å². The average Bonchev–Trinajstić information content (AvgIpc) is 3.25. The summed E-state index contributed by atoms with van der Waals surface area (Å²) >= 11 is 6.05. The number of nitrogens with zero attached hydrogens (tertiary/aromatic N) is 4. The minimum atomic E-state index is -1.01. The molecule has 1 saturated carbocycles. The second-order valence-electron chi connectivity index (χ2n) is 12.0. The van der Waals surface area contributed by atoms with Crippen LogP contribution < -0.4 is 14.2 Å². The third-order valence-corrected chi connectivity index (χ3v) is 9.57. The van der Waals surface area contributed by atoms with Crippen LogP contribution in [0.5, 0.6) is 17.2 Å². The molecule has 1 unspecified atom stereocenters. The van der Waals surface area contributed by atoms with Crippen molar-refractivity contribution < 1.29 is 28.8 Å². The lowest BCUT2D eigenvalue weighted by molar-refractivity contribution is -0.0721. The Morgan fingerprint density at radius 1 is 1.19 bits per heavy atom. The number of likely N-dealkylation sites (tertiary alicyclic amines) is 1. The molecular formula is C32H31ClN4O6. The minimum Gasteiger partial charge on any atom is -0.494 e. The average molecular weight is 603 g/mol. The largest absolute Gasteiger partial charge is 0.494 e. The number of methoxy groups -OCH3 is 1. The van der Waals surface area contributed by atoms with Crippen molar-refractivity contribution in [3.63, 3.8) is 0 Å². The van der Waals surface area contributed by atoms with E-state index in [-0.39, 0.29) is 11.7 Å². The predicted molar refractivity (Wildman–Crippen MR) is 157 cm³/mol. The molecule has 4 aliphatic rings. The number of hydrogen-bond acceptors (Lipinski definition) is 8. The summed E-state index contributed by atoms with van der Waals surface area (Å²) in [5.41, 5.74) is 3.48. The highest BCUT2D eigenvalue weighted by Gasteiger charge is 2.58. The van der Waals surface area contributed by atoms with Crippen molar-refractivity contribution >= 4 is 28.6 Å². The molecule has 4 aromatic rings. The second kappa shape index (κ2) is 9.83. The molecule has 5 heterocycles. The molecule has 11 heteroatoms. The van der Waals surface area contributed by atoms with E-state index in [0.717, 1.165) is 49.0 Å². The molecule has 5 atom stereocenters. The van der Waals surface area contributed by atoms with Crippen molar-refractivity contribution in [3.05, 3.63) is 76.3 Å². The number of carboxylic acid groups (broad SMARTS) is 1. The van der Waals surface area contributed by atoms with Crippen LogP contribution in [0.2, 0.25) is 5.02 Å². The number of rotatable bonds is 8. The van der Waals surface area contributed by atoms with Crippen LogP contribution in [0.1, 0.15) is 46.7 Å². The molecule has 10 nitrogen and oxygen atoms in total. The number of aromatic carboxylic acids is 1. The van der Waals surface area contributed by atoms with Gasteiger partial charge in [-0.1, -0.05) is 23.7 Å². The Morgan fingerprint density at radius 2 is 2.00 bits per heavy atom. The number of pyridine rings is 1. The number of piperidine rings is 1. The van der Waals surface area contributed by atoms with Crippen LogP contribution in [-0.2, 0) is 23.6 Å². The first-order chi connectivity index (χ1) is 20.8. The summed E-state index contributed by atoms with van der Waals surface area (Å²) in [6, 6.07) is 13.0. The number of halogens is 1. The molecule has 0 spiro atoms. The van der Waals surface area contributed by atoms with E-state index in [1.807, 2.05) is 25.1 Å². The first-order valence-electron chi connectivity index (χ1n) is 14.6. The number of imidazole rings is 1. The van der Waals surface area contributed by atoms with Gasteiger partial charge in [-0.05, 0) is 54.5 Å². The Labute approximate surface area is 253 Å². The molecule has 2 aromatic heterocycles. The molecular weight excluding hydrogens is 572 g/mol. The van der Waals surface area contributed by atoms with Gasteiger partial charge >= 0.3 is 5.97 Å². The summed E-state index contributed by atoms with van der Waals surface area (Å²) in [6.07, 6.45) is 2.68. The molecule has 1 N–H and O–H groups in total. The van der Waals surface area contributed by atoms with Gasteiger partial charge in [0, 0.05) is 38.4 Å². The maximum Gasteiger partial charge on any atom is 0.335 e. The fourth-order valence-electron chi connectivity index (χ4n) is 7.04. The number of carbonyl (C=O) groups is 1. The lowest BCUT2D eigenvalue weighted by atomic mass is 10.0. The van der Waals surface area contributed by atoms with E-state index in [1.165, 1.54) is 5.56 Å². The summed E-state index contributed by atoms with van der Waals surface area (Å²) < 4.78 is 26.2. The number of hydrogen-bond donors (Lipinski definition) is 1. The Bertz CT molecular complexity index is 1740. The number of aromatic nitrogens is 3. The molecule has 43 heavy (non-hydrogen) atoms. The molecule has 8 rings (SSSR count). The lowest BCUT2D eigenvalue weighted by Gasteiger charge is -2.28. The number of carboxylic acids is 1. The highest BCUT2D eigenvalue weighted by Crippen LogP contribution is 2.62. The van der Waals surface area contributed by atoms with E-state index in [9.17, 15) is 9.90 Å². The third kappa shape index (κ3) is 4.42. The van der Waals surface area contributed by atoms with E-state index < -0.39 is 11.8 Å². The van der Waals surface area contributed by atoms with E-state index in [1.54, 1.807) is 31.5 Å². The minimum absolute atomic E-state index is 0.100. The number of benzene rings is 2. The second-order valence-corrected chi connectivity index (χ2v) is 12.4. The fourth-order valence-corrected chi connectivity index (χ4v) is 7.15. The van der Waals surface area contributed by atoms with Crippen molar-refractivity contribution in [1.29, 1.82) is 0 Å². The topological polar surface area (TPSA) is 108 Å². The number of para-hydroxylation sites is 1. The van der Waals surface area contributed by atoms with Gasteiger partial charge in [-0.25, -0.2) is 9.78 Å². The van der Waals surface area contributed by atoms with Crippen molar-refractivity contribution in [3.8, 4) is 17.2 Å². The monoisotopic (exact) mass is 602 g/mol. The van der Waals surface area contributed by atoms with Gasteiger partial charge in [0.05, 0.1) is 42.4 Å². The first kappa shape index (κ1) is 26.7. The molecule has 2 saturated heterocycles. The molecule has 3 fully saturated rings. The molecule has 0 bridgehead atoms. The van der Waals surface area contributed by atoms with E-state index in [4.69, 9.17) is 35.5 Å². The fraction of sp³-hybridized carbons (Fsp3) is 0.406. The van der Waals surface area contributed by atoms with Gasteiger partial charge in [-0.3, -0.25) is 9.88 Å². The standard InChI is InChI=1S/C32H31ClN4O6/c1-32(26-7-6-18(33)12-34-26)42-24-5-3-4-20(30(24)43-32)28-21-14-36(15-22(21)28)16-27-35-29-23(37(27)13-19-8-9-41-19)10-17(31(38)39)11-25(29)40-2/h3-7,10-12,19,21-22,28H,8-9,13-16H2,1-2H3,(H,38,39)/t19-,21-,22+,28?,32+/m0/s1. The van der Waals surface area contributed by atoms with Crippen molar-refractivity contribution in [1.82, 2.24) is 19.4 Å². The van der Waals surface area contributed by atoms with E-state index in [0.29, 0.717) is 52.8 Å². The number of ether oxygens (including phenoxy) is 4. The van der Waals surface area contributed by atoms with Gasteiger partial charge in [0.1, 0.15) is 22.8 Å².